The van der Waals surface area contributed by atoms with Crippen LogP contribution < -0.4 is 15.2 Å². The van der Waals surface area contributed by atoms with Gasteiger partial charge in [-0.05, 0) is 30.4 Å². The fourth-order valence-corrected chi connectivity index (χ4v) is 3.49. The van der Waals surface area contributed by atoms with Crippen molar-refractivity contribution in [3.05, 3.63) is 18.3 Å². The first-order valence-electron chi connectivity index (χ1n) is 9.17. The average Bonchev–Trinajstić information content (AvgIpc) is 2.56. The molecule has 1 aromatic rings. The highest BCUT2D eigenvalue weighted by molar-refractivity contribution is 5.98. The van der Waals surface area contributed by atoms with E-state index in [0.717, 1.165) is 6.42 Å². The van der Waals surface area contributed by atoms with Crippen molar-refractivity contribution in [1.82, 2.24) is 9.88 Å². The molecule has 2 N–H and O–H groups in total. The zero-order valence-electron chi connectivity index (χ0n) is 15.4. The fraction of sp³-hybridized carbons (Fsp3) is 0.632. The maximum absolute atomic E-state index is 12.2. The minimum Gasteiger partial charge on any atom is -0.484 e. The Morgan fingerprint density at radius 2 is 2.08 bits per heavy atom. The zero-order chi connectivity index (χ0) is 18.7. The summed E-state index contributed by atoms with van der Waals surface area (Å²) in [4.78, 5) is 29.9. The molecular weight excluding hydrogens is 334 g/mol. The average molecular weight is 361 g/mol. The molecule has 0 spiro atoms. The lowest BCUT2D eigenvalue weighted by Crippen LogP contribution is -2.46. The molecule has 3 heterocycles. The van der Waals surface area contributed by atoms with E-state index in [0.29, 0.717) is 50.5 Å². The Morgan fingerprint density at radius 3 is 2.81 bits per heavy atom. The van der Waals surface area contributed by atoms with Crippen LogP contribution >= 0.6 is 0 Å². The number of rotatable bonds is 6. The predicted molar refractivity (Wildman–Crippen MR) is 95.7 cm³/mol. The van der Waals surface area contributed by atoms with E-state index in [1.807, 2.05) is 19.9 Å². The largest absolute Gasteiger partial charge is 0.484 e. The van der Waals surface area contributed by atoms with Crippen molar-refractivity contribution in [2.45, 2.75) is 58.1 Å². The Morgan fingerprint density at radius 1 is 1.35 bits per heavy atom. The quantitative estimate of drug-likeness (QED) is 0.778. The first kappa shape index (κ1) is 18.6. The molecule has 1 saturated heterocycles. The Bertz CT molecular complexity index is 657. The molecule has 2 aliphatic rings. The standard InChI is InChI=1S/C19H27N3O4/c1-19(2)10-16(23)22(17(24)11-19)8-4-5-13(20)9-14-12-25-15-6-3-7-21-18(15)26-14/h3,6-7,13-14H,4-5,8-12,20H2,1-2H3. The van der Waals surface area contributed by atoms with E-state index >= 15 is 0 Å². The molecule has 0 aliphatic carbocycles. The summed E-state index contributed by atoms with van der Waals surface area (Å²) >= 11 is 0. The summed E-state index contributed by atoms with van der Waals surface area (Å²) in [6.07, 6.45) is 4.43. The van der Waals surface area contributed by atoms with E-state index in [2.05, 4.69) is 4.98 Å². The molecule has 0 saturated carbocycles. The summed E-state index contributed by atoms with van der Waals surface area (Å²) in [6, 6.07) is 3.55. The van der Waals surface area contributed by atoms with Gasteiger partial charge < -0.3 is 15.2 Å². The topological polar surface area (TPSA) is 94.8 Å². The number of amides is 2. The molecule has 7 heteroatoms. The van der Waals surface area contributed by atoms with Crippen LogP contribution in [0.15, 0.2) is 18.3 Å². The van der Waals surface area contributed by atoms with Crippen molar-refractivity contribution in [1.29, 1.82) is 0 Å². The molecule has 142 valence electrons. The van der Waals surface area contributed by atoms with Gasteiger partial charge in [0, 0.05) is 38.0 Å². The molecule has 2 aliphatic heterocycles. The highest BCUT2D eigenvalue weighted by Crippen LogP contribution is 2.32. The van der Waals surface area contributed by atoms with Crippen LogP contribution in [0, 0.1) is 5.41 Å². The first-order chi connectivity index (χ1) is 12.3. The number of carbonyl (C=O) groups excluding carboxylic acids is 2. The molecule has 0 bridgehead atoms. The van der Waals surface area contributed by atoms with Crippen LogP contribution in [0.2, 0.25) is 0 Å². The van der Waals surface area contributed by atoms with Gasteiger partial charge in [-0.1, -0.05) is 13.8 Å². The van der Waals surface area contributed by atoms with Gasteiger partial charge in [0.2, 0.25) is 11.8 Å². The number of likely N-dealkylation sites (tertiary alicyclic amines) is 1. The van der Waals surface area contributed by atoms with Gasteiger partial charge in [0.15, 0.2) is 5.75 Å². The fourth-order valence-electron chi connectivity index (χ4n) is 3.49. The Kier molecular flexibility index (Phi) is 5.46. The first-order valence-corrected chi connectivity index (χ1v) is 9.17. The lowest BCUT2D eigenvalue weighted by atomic mass is 9.81. The Balaban J connectivity index is 1.42. The van der Waals surface area contributed by atoms with Crippen LogP contribution in [0.25, 0.3) is 0 Å². The predicted octanol–water partition coefficient (Wildman–Crippen LogP) is 1.89. The van der Waals surface area contributed by atoms with Crippen LogP contribution in [0.1, 0.15) is 46.0 Å². The van der Waals surface area contributed by atoms with Gasteiger partial charge in [-0.25, -0.2) is 4.98 Å². The van der Waals surface area contributed by atoms with Crippen molar-refractivity contribution in [2.24, 2.45) is 11.1 Å². The zero-order valence-corrected chi connectivity index (χ0v) is 15.4. The number of pyridine rings is 1. The molecule has 2 atom stereocenters. The van der Waals surface area contributed by atoms with Crippen molar-refractivity contribution in [3.63, 3.8) is 0 Å². The molecular formula is C19H27N3O4. The monoisotopic (exact) mass is 361 g/mol. The lowest BCUT2D eigenvalue weighted by Gasteiger charge is -2.35. The SMILES string of the molecule is CC1(C)CC(=O)N(CCCC(N)CC2COc3cccnc3O2)C(=O)C1. The van der Waals surface area contributed by atoms with Gasteiger partial charge in [-0.2, -0.15) is 0 Å². The number of nitrogens with zero attached hydrogens (tertiary/aromatic N) is 2. The third-order valence-electron chi connectivity index (χ3n) is 4.82. The molecule has 0 radical (unpaired) electrons. The van der Waals surface area contributed by atoms with Gasteiger partial charge >= 0.3 is 0 Å². The number of hydrogen-bond donors (Lipinski definition) is 1. The van der Waals surface area contributed by atoms with Crippen molar-refractivity contribution in [2.75, 3.05) is 13.2 Å². The lowest BCUT2D eigenvalue weighted by molar-refractivity contribution is -0.152. The van der Waals surface area contributed by atoms with E-state index in [1.54, 1.807) is 12.3 Å². The summed E-state index contributed by atoms with van der Waals surface area (Å²) in [5.74, 6) is 1.00. The minimum atomic E-state index is -0.232. The summed E-state index contributed by atoms with van der Waals surface area (Å²) in [7, 11) is 0. The Labute approximate surface area is 153 Å². The molecule has 1 fully saturated rings. The number of imide groups is 1. The summed E-state index contributed by atoms with van der Waals surface area (Å²) < 4.78 is 11.5. The van der Waals surface area contributed by atoms with E-state index in [1.165, 1.54) is 4.90 Å². The summed E-state index contributed by atoms with van der Waals surface area (Å²) in [5, 5.41) is 0. The van der Waals surface area contributed by atoms with Gasteiger partial charge in [0.05, 0.1) is 0 Å². The van der Waals surface area contributed by atoms with E-state index in [-0.39, 0.29) is 29.4 Å². The van der Waals surface area contributed by atoms with Crippen molar-refractivity contribution < 1.29 is 19.1 Å². The molecule has 1 aromatic heterocycles. The van der Waals surface area contributed by atoms with Gasteiger partial charge in [-0.15, -0.1) is 0 Å². The van der Waals surface area contributed by atoms with Crippen LogP contribution in [0.4, 0.5) is 0 Å². The number of piperidine rings is 1. The number of fused-ring (bicyclic) bond motifs is 1. The third kappa shape index (κ3) is 4.52. The third-order valence-corrected chi connectivity index (χ3v) is 4.82. The highest BCUT2D eigenvalue weighted by atomic mass is 16.6. The molecule has 3 rings (SSSR count). The molecule has 2 amide bonds. The molecule has 26 heavy (non-hydrogen) atoms. The highest BCUT2D eigenvalue weighted by Gasteiger charge is 2.37. The van der Waals surface area contributed by atoms with Gasteiger partial charge in [0.25, 0.3) is 5.88 Å². The number of nitrogens with two attached hydrogens (primary N) is 1. The molecule has 0 aromatic carbocycles. The summed E-state index contributed by atoms with van der Waals surface area (Å²) in [5.41, 5.74) is 5.98. The number of hydrogen-bond acceptors (Lipinski definition) is 6. The summed E-state index contributed by atoms with van der Waals surface area (Å²) in [6.45, 7) is 4.79. The normalized spacial score (nSPS) is 23.0. The maximum atomic E-state index is 12.2. The minimum absolute atomic E-state index is 0.0773. The van der Waals surface area contributed by atoms with Gasteiger partial charge in [-0.3, -0.25) is 14.5 Å². The molecule has 2 unspecified atom stereocenters. The van der Waals surface area contributed by atoms with Gasteiger partial charge in [0.1, 0.15) is 12.7 Å². The van der Waals surface area contributed by atoms with Crippen LogP contribution in [0.3, 0.4) is 0 Å². The number of carbonyl (C=O) groups is 2. The van der Waals surface area contributed by atoms with Crippen molar-refractivity contribution in [3.8, 4) is 11.6 Å². The second-order valence-electron chi connectivity index (χ2n) is 7.95. The van der Waals surface area contributed by atoms with E-state index in [4.69, 9.17) is 15.2 Å². The Hall–Kier alpha value is -2.15. The number of ether oxygens (including phenoxy) is 2. The number of aromatic nitrogens is 1. The second-order valence-corrected chi connectivity index (χ2v) is 7.95. The van der Waals surface area contributed by atoms with Crippen LogP contribution in [0.5, 0.6) is 11.6 Å². The van der Waals surface area contributed by atoms with Crippen molar-refractivity contribution >= 4 is 11.8 Å². The van der Waals surface area contributed by atoms with Crippen LogP contribution in [-0.2, 0) is 9.59 Å². The van der Waals surface area contributed by atoms with E-state index < -0.39 is 0 Å². The second kappa shape index (κ2) is 7.61. The van der Waals surface area contributed by atoms with E-state index in [9.17, 15) is 9.59 Å². The smallest absolute Gasteiger partial charge is 0.257 e. The maximum Gasteiger partial charge on any atom is 0.257 e. The molecule has 7 nitrogen and oxygen atoms in total. The van der Waals surface area contributed by atoms with Crippen LogP contribution in [-0.4, -0.2) is 47.0 Å².